The molecule has 3 aromatic rings. The van der Waals surface area contributed by atoms with Crippen LogP contribution in [0, 0.1) is 19.7 Å². The highest BCUT2D eigenvalue weighted by atomic mass is 19.1. The van der Waals surface area contributed by atoms with Gasteiger partial charge in [-0.1, -0.05) is 16.4 Å². The molecule has 96 valence electrons. The Morgan fingerprint density at radius 3 is 2.79 bits per heavy atom. The summed E-state index contributed by atoms with van der Waals surface area (Å²) in [6.45, 7) is 3.53. The molecule has 3 rings (SSSR count). The Kier molecular flexibility index (Phi) is 2.59. The Hall–Kier alpha value is -2.57. The summed E-state index contributed by atoms with van der Waals surface area (Å²) in [5.74, 6) is 0.495. The second kappa shape index (κ2) is 4.27. The minimum absolute atomic E-state index is 0.303. The van der Waals surface area contributed by atoms with Gasteiger partial charge in [0, 0.05) is 0 Å². The first kappa shape index (κ1) is 11.5. The van der Waals surface area contributed by atoms with Crippen molar-refractivity contribution in [3.63, 3.8) is 0 Å². The lowest BCUT2D eigenvalue weighted by Gasteiger charge is -2.02. The molecule has 0 atom stereocenters. The maximum Gasteiger partial charge on any atom is 0.280 e. The van der Waals surface area contributed by atoms with Gasteiger partial charge in [-0.05, 0) is 32.0 Å². The molecule has 19 heavy (non-hydrogen) atoms. The second-order valence-corrected chi connectivity index (χ2v) is 4.06. The Bertz CT molecular complexity index is 733. The summed E-state index contributed by atoms with van der Waals surface area (Å²) in [5, 5.41) is 11.7. The number of hydrogen-bond donors (Lipinski definition) is 0. The van der Waals surface area contributed by atoms with Gasteiger partial charge >= 0.3 is 0 Å². The van der Waals surface area contributed by atoms with E-state index in [1.807, 2.05) is 0 Å². The zero-order valence-electron chi connectivity index (χ0n) is 10.3. The van der Waals surface area contributed by atoms with E-state index in [0.717, 1.165) is 0 Å². The van der Waals surface area contributed by atoms with Gasteiger partial charge in [-0.3, -0.25) is 0 Å². The van der Waals surface area contributed by atoms with Gasteiger partial charge in [0.05, 0.1) is 11.4 Å². The zero-order chi connectivity index (χ0) is 13.4. The quantitative estimate of drug-likeness (QED) is 0.704. The Labute approximate surface area is 107 Å². The second-order valence-electron chi connectivity index (χ2n) is 4.06. The molecule has 0 bridgehead atoms. The summed E-state index contributed by atoms with van der Waals surface area (Å²) < 4.78 is 19.8. The van der Waals surface area contributed by atoms with E-state index >= 15 is 0 Å². The third-order valence-corrected chi connectivity index (χ3v) is 2.68. The largest absolute Gasteiger partial charge is 0.332 e. The summed E-state index contributed by atoms with van der Waals surface area (Å²) in [7, 11) is 0. The highest BCUT2D eigenvalue weighted by Gasteiger charge is 2.17. The fourth-order valence-electron chi connectivity index (χ4n) is 1.77. The number of nitrogens with zero attached hydrogens (tertiary/aromatic N) is 5. The van der Waals surface area contributed by atoms with E-state index in [1.54, 1.807) is 26.0 Å². The molecule has 0 radical (unpaired) electrons. The predicted octanol–water partition coefficient (Wildman–Crippen LogP) is 2.07. The Balaban J connectivity index is 2.08. The van der Waals surface area contributed by atoms with Gasteiger partial charge in [-0.2, -0.15) is 4.98 Å². The first-order chi connectivity index (χ1) is 9.15. The number of hydrogen-bond acceptors (Lipinski definition) is 5. The van der Waals surface area contributed by atoms with Gasteiger partial charge < -0.3 is 4.52 Å². The van der Waals surface area contributed by atoms with Crippen molar-refractivity contribution in [3.8, 4) is 17.3 Å². The highest BCUT2D eigenvalue weighted by Crippen LogP contribution is 2.21. The fourth-order valence-corrected chi connectivity index (χ4v) is 1.77. The van der Waals surface area contributed by atoms with Crippen LogP contribution >= 0.6 is 0 Å². The maximum absolute atomic E-state index is 13.2. The van der Waals surface area contributed by atoms with Crippen LogP contribution in [0.3, 0.4) is 0 Å². The monoisotopic (exact) mass is 259 g/mol. The standard InChI is InChI=1S/C12H10FN5O/c1-7-11(12-14-8(2)16-19-12)15-17-18(7)10-5-3-4-9(13)6-10/h3-6H,1-2H3. The van der Waals surface area contributed by atoms with Crippen LogP contribution in [0.1, 0.15) is 11.5 Å². The third-order valence-electron chi connectivity index (χ3n) is 2.68. The van der Waals surface area contributed by atoms with Gasteiger partial charge in [-0.15, -0.1) is 5.10 Å². The summed E-state index contributed by atoms with van der Waals surface area (Å²) in [5.41, 5.74) is 1.78. The van der Waals surface area contributed by atoms with Crippen LogP contribution in [0.15, 0.2) is 28.8 Å². The van der Waals surface area contributed by atoms with E-state index in [9.17, 15) is 4.39 Å². The first-order valence-corrected chi connectivity index (χ1v) is 5.64. The van der Waals surface area contributed by atoms with Crippen LogP contribution in [-0.4, -0.2) is 25.1 Å². The van der Waals surface area contributed by atoms with Crippen LogP contribution < -0.4 is 0 Å². The normalized spacial score (nSPS) is 10.9. The van der Waals surface area contributed by atoms with Crippen molar-refractivity contribution in [1.82, 2.24) is 25.1 Å². The van der Waals surface area contributed by atoms with E-state index in [0.29, 0.717) is 28.8 Å². The van der Waals surface area contributed by atoms with Crippen LogP contribution in [-0.2, 0) is 0 Å². The number of benzene rings is 1. The Morgan fingerprint density at radius 2 is 2.11 bits per heavy atom. The third kappa shape index (κ3) is 1.99. The smallest absolute Gasteiger partial charge is 0.280 e. The number of aromatic nitrogens is 5. The number of aryl methyl sites for hydroxylation is 1. The lowest BCUT2D eigenvalue weighted by Crippen LogP contribution is -1.99. The van der Waals surface area contributed by atoms with Crippen molar-refractivity contribution in [2.45, 2.75) is 13.8 Å². The van der Waals surface area contributed by atoms with E-state index in [2.05, 4.69) is 20.5 Å². The molecule has 0 unspecified atom stereocenters. The van der Waals surface area contributed by atoms with Crippen molar-refractivity contribution in [1.29, 1.82) is 0 Å². The average molecular weight is 259 g/mol. The molecule has 2 heterocycles. The molecular formula is C12H10FN5O. The highest BCUT2D eigenvalue weighted by molar-refractivity contribution is 5.51. The fraction of sp³-hybridized carbons (Fsp3) is 0.167. The molecule has 0 spiro atoms. The van der Waals surface area contributed by atoms with Gasteiger partial charge in [0.15, 0.2) is 11.5 Å². The molecule has 0 aliphatic heterocycles. The summed E-state index contributed by atoms with van der Waals surface area (Å²) >= 11 is 0. The van der Waals surface area contributed by atoms with Crippen LogP contribution in [0.2, 0.25) is 0 Å². The van der Waals surface area contributed by atoms with E-state index in [4.69, 9.17) is 4.52 Å². The minimum Gasteiger partial charge on any atom is -0.332 e. The molecule has 0 aliphatic carbocycles. The molecule has 2 aromatic heterocycles. The number of rotatable bonds is 2. The zero-order valence-corrected chi connectivity index (χ0v) is 10.3. The van der Waals surface area contributed by atoms with Crippen molar-refractivity contribution in [2.75, 3.05) is 0 Å². The predicted molar refractivity (Wildman–Crippen MR) is 64.1 cm³/mol. The minimum atomic E-state index is -0.331. The van der Waals surface area contributed by atoms with E-state index in [1.165, 1.54) is 16.8 Å². The average Bonchev–Trinajstić information content (AvgIpc) is 2.95. The van der Waals surface area contributed by atoms with Crippen LogP contribution in [0.5, 0.6) is 0 Å². The van der Waals surface area contributed by atoms with Crippen LogP contribution in [0.4, 0.5) is 4.39 Å². The molecule has 6 nitrogen and oxygen atoms in total. The maximum atomic E-state index is 13.2. The molecule has 0 saturated carbocycles. The molecular weight excluding hydrogens is 249 g/mol. The first-order valence-electron chi connectivity index (χ1n) is 5.64. The molecule has 0 amide bonds. The Morgan fingerprint density at radius 1 is 1.26 bits per heavy atom. The molecule has 7 heteroatoms. The summed E-state index contributed by atoms with van der Waals surface area (Å²) in [6, 6.07) is 6.11. The van der Waals surface area contributed by atoms with Gasteiger partial charge in [0.25, 0.3) is 5.89 Å². The lowest BCUT2D eigenvalue weighted by molar-refractivity contribution is 0.424. The lowest BCUT2D eigenvalue weighted by atomic mass is 10.3. The molecule has 0 N–H and O–H groups in total. The SMILES string of the molecule is Cc1noc(-c2nnn(-c3cccc(F)c3)c2C)n1. The van der Waals surface area contributed by atoms with Gasteiger partial charge in [0.2, 0.25) is 0 Å². The molecule has 0 aliphatic rings. The molecule has 0 fully saturated rings. The van der Waals surface area contributed by atoms with Gasteiger partial charge in [-0.25, -0.2) is 9.07 Å². The van der Waals surface area contributed by atoms with E-state index < -0.39 is 0 Å². The van der Waals surface area contributed by atoms with Crippen molar-refractivity contribution in [2.24, 2.45) is 0 Å². The number of halogens is 1. The van der Waals surface area contributed by atoms with Gasteiger partial charge in [0.1, 0.15) is 5.82 Å². The topological polar surface area (TPSA) is 69.6 Å². The molecule has 1 aromatic carbocycles. The molecule has 0 saturated heterocycles. The van der Waals surface area contributed by atoms with E-state index in [-0.39, 0.29) is 5.82 Å². The van der Waals surface area contributed by atoms with Crippen LogP contribution in [0.25, 0.3) is 17.3 Å². The van der Waals surface area contributed by atoms with Crippen molar-refractivity contribution < 1.29 is 8.91 Å². The summed E-state index contributed by atoms with van der Waals surface area (Å²) in [6.07, 6.45) is 0. The summed E-state index contributed by atoms with van der Waals surface area (Å²) in [4.78, 5) is 4.10. The van der Waals surface area contributed by atoms with Crippen molar-refractivity contribution in [3.05, 3.63) is 41.6 Å². The van der Waals surface area contributed by atoms with Crippen molar-refractivity contribution >= 4 is 0 Å².